The second-order valence-electron chi connectivity index (χ2n) is 5.68. The van der Waals surface area contributed by atoms with E-state index in [9.17, 15) is 18.0 Å². The van der Waals surface area contributed by atoms with Crippen LogP contribution in [-0.4, -0.2) is 17.6 Å². The third-order valence-corrected chi connectivity index (χ3v) is 3.97. The summed E-state index contributed by atoms with van der Waals surface area (Å²) in [6.45, 7) is 2.02. The highest BCUT2D eigenvalue weighted by Gasteiger charge is 2.42. The van der Waals surface area contributed by atoms with Crippen molar-refractivity contribution in [2.24, 2.45) is 5.92 Å². The lowest BCUT2D eigenvalue weighted by Crippen LogP contribution is -2.28. The van der Waals surface area contributed by atoms with E-state index in [0.717, 1.165) is 28.9 Å². The van der Waals surface area contributed by atoms with Gasteiger partial charge in [-0.1, -0.05) is 18.6 Å². The van der Waals surface area contributed by atoms with Gasteiger partial charge in [0.1, 0.15) is 0 Å². The summed E-state index contributed by atoms with van der Waals surface area (Å²) >= 11 is 0. The van der Waals surface area contributed by atoms with Gasteiger partial charge >= 0.3 is 6.18 Å². The van der Waals surface area contributed by atoms with Gasteiger partial charge < -0.3 is 5.32 Å². The van der Waals surface area contributed by atoms with Crippen molar-refractivity contribution < 1.29 is 18.0 Å². The van der Waals surface area contributed by atoms with E-state index in [0.29, 0.717) is 19.3 Å². The molecule has 24 heavy (non-hydrogen) atoms. The molecule has 0 aliphatic heterocycles. The first-order chi connectivity index (χ1) is 11.4. The van der Waals surface area contributed by atoms with Gasteiger partial charge in [0, 0.05) is 17.4 Å². The van der Waals surface area contributed by atoms with Gasteiger partial charge in [-0.3, -0.25) is 9.78 Å². The Morgan fingerprint density at radius 3 is 2.42 bits per heavy atom. The van der Waals surface area contributed by atoms with Crippen LogP contribution in [0.5, 0.6) is 0 Å². The molecule has 3 rings (SSSR count). The molecule has 0 radical (unpaired) electrons. The second-order valence-corrected chi connectivity index (χ2v) is 5.68. The molecular formula is C18H19F3N2O. The van der Waals surface area contributed by atoms with Gasteiger partial charge in [0.15, 0.2) is 0 Å². The van der Waals surface area contributed by atoms with Crippen LogP contribution in [0.4, 0.5) is 18.9 Å². The molecular weight excluding hydrogens is 317 g/mol. The molecule has 0 unspecified atom stereocenters. The van der Waals surface area contributed by atoms with Gasteiger partial charge in [-0.15, -0.1) is 0 Å². The van der Waals surface area contributed by atoms with Crippen LogP contribution < -0.4 is 5.32 Å². The van der Waals surface area contributed by atoms with Gasteiger partial charge in [0.2, 0.25) is 6.41 Å². The van der Waals surface area contributed by atoms with Gasteiger partial charge in [0.25, 0.3) is 0 Å². The summed E-state index contributed by atoms with van der Waals surface area (Å²) in [5.74, 6) is -0.970. The lowest BCUT2D eigenvalue weighted by molar-refractivity contribution is -0.193. The van der Waals surface area contributed by atoms with Gasteiger partial charge in [-0.25, -0.2) is 0 Å². The quantitative estimate of drug-likeness (QED) is 0.804. The lowest BCUT2D eigenvalue weighted by atomic mass is 9.85. The number of hydrogen-bond donors (Lipinski definition) is 1. The number of nitrogens with zero attached hydrogens (tertiary/aromatic N) is 1. The number of carbonyl (C=O) groups excluding carboxylic acids is 1. The Bertz CT molecular complexity index is 668. The Morgan fingerprint density at radius 2 is 1.96 bits per heavy atom. The summed E-state index contributed by atoms with van der Waals surface area (Å²) < 4.78 is 34.5. The highest BCUT2D eigenvalue weighted by molar-refractivity contribution is 5.76. The predicted octanol–water partition coefficient (Wildman–Crippen LogP) is 4.97. The van der Waals surface area contributed by atoms with E-state index in [-0.39, 0.29) is 0 Å². The molecule has 0 spiro atoms. The first kappa shape index (κ1) is 18.0. The molecule has 0 bridgehead atoms. The molecule has 6 heteroatoms. The van der Waals surface area contributed by atoms with E-state index >= 15 is 0 Å². The topological polar surface area (TPSA) is 42.0 Å². The fraction of sp³-hybridized carbons (Fsp3) is 0.333. The Morgan fingerprint density at radius 1 is 1.21 bits per heavy atom. The molecule has 128 valence electrons. The molecule has 1 aliphatic carbocycles. The zero-order valence-electron chi connectivity index (χ0n) is 13.3. The molecule has 1 N–H and O–H groups in total. The number of pyridine rings is 1. The standard InChI is InChI=1S/C13H12N2O.C5H7F3/c1-10-5-6-11(15-9-16)8-12(10)13-4-2-3-7-14-13;6-5(7,8)4-2-1-3-4/h2-9H,1H3,(H,15,16);4H,1-3H2. The van der Waals surface area contributed by atoms with Crippen molar-refractivity contribution in [3.8, 4) is 11.3 Å². The number of aromatic nitrogens is 1. The molecule has 1 aliphatic rings. The molecule has 2 aromatic rings. The molecule has 1 aromatic carbocycles. The number of alkyl halides is 3. The highest BCUT2D eigenvalue weighted by Crippen LogP contribution is 2.40. The largest absolute Gasteiger partial charge is 0.391 e. The highest BCUT2D eigenvalue weighted by atomic mass is 19.4. The number of benzene rings is 1. The van der Waals surface area contributed by atoms with Crippen molar-refractivity contribution in [2.75, 3.05) is 5.32 Å². The number of halogens is 3. The maximum Gasteiger partial charge on any atom is 0.391 e. The average Bonchev–Trinajstić information content (AvgIpc) is 2.47. The summed E-state index contributed by atoms with van der Waals surface area (Å²) in [7, 11) is 0. The minimum atomic E-state index is -3.90. The normalized spacial score (nSPS) is 14.2. The van der Waals surface area contributed by atoms with Crippen LogP contribution >= 0.6 is 0 Å². The van der Waals surface area contributed by atoms with Gasteiger partial charge in [0.05, 0.1) is 11.6 Å². The first-order valence-corrected chi connectivity index (χ1v) is 7.71. The maximum absolute atomic E-state index is 11.5. The molecule has 1 saturated carbocycles. The van der Waals surface area contributed by atoms with Crippen molar-refractivity contribution in [1.82, 2.24) is 4.98 Å². The van der Waals surface area contributed by atoms with Crippen LogP contribution in [0, 0.1) is 12.8 Å². The minimum Gasteiger partial charge on any atom is -0.329 e. The van der Waals surface area contributed by atoms with Gasteiger partial charge in [-0.2, -0.15) is 13.2 Å². The van der Waals surface area contributed by atoms with Crippen molar-refractivity contribution >= 4 is 12.1 Å². The summed E-state index contributed by atoms with van der Waals surface area (Å²) in [4.78, 5) is 14.7. The summed E-state index contributed by atoms with van der Waals surface area (Å²) in [5, 5.41) is 2.64. The molecule has 1 aromatic heterocycles. The Hall–Kier alpha value is -2.37. The van der Waals surface area contributed by atoms with Crippen LogP contribution in [-0.2, 0) is 4.79 Å². The second kappa shape index (κ2) is 7.95. The number of rotatable bonds is 3. The third-order valence-electron chi connectivity index (χ3n) is 3.97. The minimum absolute atomic E-state index is 0.351. The SMILES string of the molecule is Cc1ccc(NC=O)cc1-c1ccccn1.FC(F)(F)C1CCC1. The number of aryl methyl sites for hydroxylation is 1. The number of carbonyl (C=O) groups is 1. The van der Waals surface area contributed by atoms with Crippen molar-refractivity contribution in [3.63, 3.8) is 0 Å². The fourth-order valence-corrected chi connectivity index (χ4v) is 2.31. The van der Waals surface area contributed by atoms with E-state index < -0.39 is 12.1 Å². The van der Waals surface area contributed by atoms with Crippen LogP contribution in [0.1, 0.15) is 24.8 Å². The Kier molecular flexibility index (Phi) is 5.95. The van der Waals surface area contributed by atoms with Crippen LogP contribution in [0.2, 0.25) is 0 Å². The monoisotopic (exact) mass is 336 g/mol. The number of nitrogens with one attached hydrogen (secondary N) is 1. The number of anilines is 1. The van der Waals surface area contributed by atoms with Crippen LogP contribution in [0.3, 0.4) is 0 Å². The number of amides is 1. The van der Waals surface area contributed by atoms with Crippen LogP contribution in [0.25, 0.3) is 11.3 Å². The lowest BCUT2D eigenvalue weighted by Gasteiger charge is -2.27. The van der Waals surface area contributed by atoms with Crippen molar-refractivity contribution in [2.45, 2.75) is 32.4 Å². The smallest absolute Gasteiger partial charge is 0.329 e. The Balaban J connectivity index is 0.000000219. The number of hydrogen-bond acceptors (Lipinski definition) is 2. The van der Waals surface area contributed by atoms with Gasteiger partial charge in [-0.05, 0) is 49.6 Å². The maximum atomic E-state index is 11.5. The predicted molar refractivity (Wildman–Crippen MR) is 87.5 cm³/mol. The van der Waals surface area contributed by atoms with E-state index in [1.54, 1.807) is 6.20 Å². The summed E-state index contributed by atoms with van der Waals surface area (Å²) in [6.07, 6.45) is -0.0170. The van der Waals surface area contributed by atoms with E-state index in [1.807, 2.05) is 43.3 Å². The van der Waals surface area contributed by atoms with E-state index in [2.05, 4.69) is 10.3 Å². The van der Waals surface area contributed by atoms with Crippen molar-refractivity contribution in [3.05, 3.63) is 48.2 Å². The first-order valence-electron chi connectivity index (χ1n) is 7.71. The van der Waals surface area contributed by atoms with Crippen LogP contribution in [0.15, 0.2) is 42.6 Å². The molecule has 1 heterocycles. The third kappa shape index (κ3) is 4.81. The molecule has 1 amide bonds. The van der Waals surface area contributed by atoms with Crippen molar-refractivity contribution in [1.29, 1.82) is 0 Å². The molecule has 0 atom stereocenters. The molecule has 1 fully saturated rings. The zero-order valence-corrected chi connectivity index (χ0v) is 13.3. The summed E-state index contributed by atoms with van der Waals surface area (Å²) in [6, 6.07) is 11.5. The summed E-state index contributed by atoms with van der Waals surface area (Å²) in [5.41, 5.74) is 3.86. The van der Waals surface area contributed by atoms with E-state index in [4.69, 9.17) is 0 Å². The molecule has 3 nitrogen and oxygen atoms in total. The Labute approximate surface area is 138 Å². The molecule has 0 saturated heterocycles. The fourth-order valence-electron chi connectivity index (χ4n) is 2.31. The average molecular weight is 336 g/mol. The van der Waals surface area contributed by atoms with E-state index in [1.165, 1.54) is 0 Å². The zero-order chi connectivity index (χ0) is 17.6.